The molecule has 2 aromatic rings. The molecule has 3 rings (SSSR count). The summed E-state index contributed by atoms with van der Waals surface area (Å²) in [7, 11) is 0. The monoisotopic (exact) mass is 287 g/mol. The molecule has 1 aromatic heterocycles. The minimum absolute atomic E-state index is 0.202. The first kappa shape index (κ1) is 13.0. The number of carbonyl (C=O) groups excluding carboxylic acids is 1. The lowest BCUT2D eigenvalue weighted by Crippen LogP contribution is -2.20. The van der Waals surface area contributed by atoms with E-state index < -0.39 is 5.91 Å². The summed E-state index contributed by atoms with van der Waals surface area (Å²) < 4.78 is 0. The second-order valence-corrected chi connectivity index (χ2v) is 6.02. The van der Waals surface area contributed by atoms with Gasteiger partial charge in [0.2, 0.25) is 0 Å². The molecule has 104 valence electrons. The van der Waals surface area contributed by atoms with Crippen molar-refractivity contribution in [1.29, 1.82) is 0 Å². The van der Waals surface area contributed by atoms with Gasteiger partial charge in [-0.1, -0.05) is 6.07 Å². The summed E-state index contributed by atoms with van der Waals surface area (Å²) in [6.07, 6.45) is 3.32. The molecule has 0 saturated carbocycles. The van der Waals surface area contributed by atoms with E-state index in [2.05, 4.69) is 16.8 Å². The van der Waals surface area contributed by atoms with E-state index in [0.717, 1.165) is 19.3 Å². The second-order valence-electron chi connectivity index (χ2n) is 5.02. The molecule has 1 aromatic carbocycles. The van der Waals surface area contributed by atoms with Crippen molar-refractivity contribution in [3.8, 4) is 0 Å². The normalized spacial score (nSPS) is 17.5. The highest BCUT2D eigenvalue weighted by Gasteiger charge is 2.23. The van der Waals surface area contributed by atoms with Crippen LogP contribution in [-0.2, 0) is 6.42 Å². The molecule has 1 amide bonds. The molecule has 1 unspecified atom stereocenters. The quantitative estimate of drug-likeness (QED) is 0.759. The third kappa shape index (κ3) is 2.25. The van der Waals surface area contributed by atoms with Gasteiger partial charge in [-0.25, -0.2) is 0 Å². The van der Waals surface area contributed by atoms with E-state index in [1.54, 1.807) is 29.5 Å². The SMILES string of the molecule is NC(=O)c1cccc(N)c1NC1CCCc2sccc21. The van der Waals surface area contributed by atoms with Crippen molar-refractivity contribution in [3.63, 3.8) is 0 Å². The maximum absolute atomic E-state index is 11.5. The molecule has 1 heterocycles. The molecular formula is C15H17N3OS. The van der Waals surface area contributed by atoms with Gasteiger partial charge in [0, 0.05) is 4.88 Å². The van der Waals surface area contributed by atoms with Gasteiger partial charge in [-0.3, -0.25) is 4.79 Å². The molecule has 1 atom stereocenters. The number of primary amides is 1. The van der Waals surface area contributed by atoms with Gasteiger partial charge in [-0.15, -0.1) is 11.3 Å². The molecule has 0 aliphatic heterocycles. The molecule has 0 saturated heterocycles. The largest absolute Gasteiger partial charge is 0.397 e. The summed E-state index contributed by atoms with van der Waals surface area (Å²) in [5.74, 6) is -0.457. The van der Waals surface area contributed by atoms with Gasteiger partial charge < -0.3 is 16.8 Å². The Morgan fingerprint density at radius 2 is 2.20 bits per heavy atom. The number of hydrogen-bond donors (Lipinski definition) is 3. The summed E-state index contributed by atoms with van der Waals surface area (Å²) in [5, 5.41) is 5.54. The zero-order valence-corrected chi connectivity index (χ0v) is 11.9. The van der Waals surface area contributed by atoms with Crippen LogP contribution in [0.3, 0.4) is 0 Å². The first-order chi connectivity index (χ1) is 9.66. The van der Waals surface area contributed by atoms with Gasteiger partial charge in [0.05, 0.1) is 23.0 Å². The second kappa shape index (κ2) is 5.17. The Balaban J connectivity index is 1.96. The summed E-state index contributed by atoms with van der Waals surface area (Å²) in [6, 6.07) is 7.59. The highest BCUT2D eigenvalue weighted by atomic mass is 32.1. The maximum Gasteiger partial charge on any atom is 0.250 e. The van der Waals surface area contributed by atoms with Crippen LogP contribution in [0.2, 0.25) is 0 Å². The molecule has 0 spiro atoms. The van der Waals surface area contributed by atoms with Crippen molar-refractivity contribution in [3.05, 3.63) is 45.6 Å². The van der Waals surface area contributed by atoms with Crippen LogP contribution in [0.5, 0.6) is 0 Å². The molecule has 20 heavy (non-hydrogen) atoms. The average molecular weight is 287 g/mol. The minimum atomic E-state index is -0.457. The van der Waals surface area contributed by atoms with E-state index in [9.17, 15) is 4.79 Å². The molecule has 1 aliphatic carbocycles. The van der Waals surface area contributed by atoms with Crippen molar-refractivity contribution in [2.24, 2.45) is 5.73 Å². The predicted octanol–water partition coefficient (Wildman–Crippen LogP) is 2.92. The zero-order valence-electron chi connectivity index (χ0n) is 11.1. The summed E-state index contributed by atoms with van der Waals surface area (Å²) in [4.78, 5) is 13.0. The number of thiophene rings is 1. The number of fused-ring (bicyclic) bond motifs is 1. The van der Waals surface area contributed by atoms with Gasteiger partial charge in [0.1, 0.15) is 0 Å². The van der Waals surface area contributed by atoms with Crippen molar-refractivity contribution in [2.45, 2.75) is 25.3 Å². The zero-order chi connectivity index (χ0) is 14.1. The standard InChI is InChI=1S/C15H17N3OS/c16-11-4-1-3-10(15(17)19)14(11)18-12-5-2-6-13-9(12)7-8-20-13/h1,3-4,7-8,12,18H,2,5-6,16H2,(H2,17,19). The Labute approximate surface area is 121 Å². The van der Waals surface area contributed by atoms with E-state index in [1.807, 2.05) is 0 Å². The number of rotatable bonds is 3. The molecule has 0 bridgehead atoms. The van der Waals surface area contributed by atoms with Gasteiger partial charge in [-0.2, -0.15) is 0 Å². The average Bonchev–Trinajstić information content (AvgIpc) is 2.90. The van der Waals surface area contributed by atoms with E-state index in [0.29, 0.717) is 16.9 Å². The van der Waals surface area contributed by atoms with Crippen LogP contribution in [0, 0.1) is 0 Å². The van der Waals surface area contributed by atoms with Crippen molar-refractivity contribution < 1.29 is 4.79 Å². The number of para-hydroxylation sites is 1. The Hall–Kier alpha value is -2.01. The van der Waals surface area contributed by atoms with Crippen LogP contribution in [-0.4, -0.2) is 5.91 Å². The van der Waals surface area contributed by atoms with E-state index in [4.69, 9.17) is 11.5 Å². The molecule has 0 radical (unpaired) electrons. The number of benzene rings is 1. The molecule has 0 fully saturated rings. The third-order valence-corrected chi connectivity index (χ3v) is 4.73. The topological polar surface area (TPSA) is 81.1 Å². The third-order valence-electron chi connectivity index (χ3n) is 3.73. The first-order valence-electron chi connectivity index (χ1n) is 6.68. The smallest absolute Gasteiger partial charge is 0.250 e. The van der Waals surface area contributed by atoms with Crippen LogP contribution < -0.4 is 16.8 Å². The van der Waals surface area contributed by atoms with Crippen LogP contribution >= 0.6 is 11.3 Å². The number of nitrogens with two attached hydrogens (primary N) is 2. The number of anilines is 2. The molecule has 5 N–H and O–H groups in total. The Bertz CT molecular complexity index is 650. The van der Waals surface area contributed by atoms with Gasteiger partial charge >= 0.3 is 0 Å². The van der Waals surface area contributed by atoms with Crippen molar-refractivity contribution in [2.75, 3.05) is 11.1 Å². The number of nitrogens with one attached hydrogen (secondary N) is 1. The highest BCUT2D eigenvalue weighted by molar-refractivity contribution is 7.10. The molecule has 4 nitrogen and oxygen atoms in total. The van der Waals surface area contributed by atoms with E-state index in [-0.39, 0.29) is 6.04 Å². The Kier molecular flexibility index (Phi) is 3.36. The van der Waals surface area contributed by atoms with Gasteiger partial charge in [0.15, 0.2) is 0 Å². The number of carbonyl (C=O) groups is 1. The fourth-order valence-corrected chi connectivity index (χ4v) is 3.73. The number of nitrogen functional groups attached to an aromatic ring is 1. The number of hydrogen-bond acceptors (Lipinski definition) is 4. The maximum atomic E-state index is 11.5. The Morgan fingerprint density at radius 1 is 1.35 bits per heavy atom. The van der Waals surface area contributed by atoms with Crippen LogP contribution in [0.25, 0.3) is 0 Å². The van der Waals surface area contributed by atoms with Crippen LogP contribution in [0.4, 0.5) is 11.4 Å². The van der Waals surface area contributed by atoms with E-state index >= 15 is 0 Å². The molecule has 5 heteroatoms. The first-order valence-corrected chi connectivity index (χ1v) is 7.56. The van der Waals surface area contributed by atoms with Crippen molar-refractivity contribution >= 4 is 28.6 Å². The summed E-state index contributed by atoms with van der Waals surface area (Å²) in [6.45, 7) is 0. The lowest BCUT2D eigenvalue weighted by atomic mass is 9.93. The highest BCUT2D eigenvalue weighted by Crippen LogP contribution is 2.37. The Morgan fingerprint density at radius 3 is 3.00 bits per heavy atom. The van der Waals surface area contributed by atoms with Crippen molar-refractivity contribution in [1.82, 2.24) is 0 Å². The van der Waals surface area contributed by atoms with Gasteiger partial charge in [0.25, 0.3) is 5.91 Å². The molecular weight excluding hydrogens is 270 g/mol. The fourth-order valence-electron chi connectivity index (χ4n) is 2.75. The van der Waals surface area contributed by atoms with Gasteiger partial charge in [-0.05, 0) is 48.4 Å². The predicted molar refractivity (Wildman–Crippen MR) is 83.0 cm³/mol. The fraction of sp³-hybridized carbons (Fsp3) is 0.267. The van der Waals surface area contributed by atoms with Crippen LogP contribution in [0.15, 0.2) is 29.6 Å². The summed E-state index contributed by atoms with van der Waals surface area (Å²) >= 11 is 1.79. The summed E-state index contributed by atoms with van der Waals surface area (Å²) in [5.41, 5.74) is 14.4. The number of aryl methyl sites for hydroxylation is 1. The lowest BCUT2D eigenvalue weighted by molar-refractivity contribution is 0.100. The number of amides is 1. The lowest BCUT2D eigenvalue weighted by Gasteiger charge is -2.26. The van der Waals surface area contributed by atoms with Crippen LogP contribution in [0.1, 0.15) is 39.7 Å². The van der Waals surface area contributed by atoms with E-state index in [1.165, 1.54) is 10.4 Å². The minimum Gasteiger partial charge on any atom is -0.397 e. The molecule has 1 aliphatic rings.